The topological polar surface area (TPSA) is 108 Å². The summed E-state index contributed by atoms with van der Waals surface area (Å²) in [6, 6.07) is 6.36. The van der Waals surface area contributed by atoms with Gasteiger partial charge < -0.3 is 14.6 Å². The zero-order valence-corrected chi connectivity index (χ0v) is 23.2. The molecular weight excluding hydrogens is 522 g/mol. The van der Waals surface area contributed by atoms with Crippen molar-refractivity contribution in [3.05, 3.63) is 53.1 Å². The van der Waals surface area contributed by atoms with E-state index in [4.69, 9.17) is 5.11 Å². The SMILES string of the molecule is Cc1cc(-n2ccnc2)ccc1CSc1nnc(C(=O)N2CCN(CC3CCN(CC(=O)O)CC3)CC2)s1. The van der Waals surface area contributed by atoms with Gasteiger partial charge in [0.15, 0.2) is 4.34 Å². The van der Waals surface area contributed by atoms with Crippen LogP contribution in [0, 0.1) is 12.8 Å². The van der Waals surface area contributed by atoms with Crippen molar-refractivity contribution in [2.75, 3.05) is 52.4 Å². The number of piperazine rings is 1. The third kappa shape index (κ3) is 6.79. The van der Waals surface area contributed by atoms with Gasteiger partial charge in [-0.25, -0.2) is 4.98 Å². The number of benzene rings is 1. The van der Waals surface area contributed by atoms with E-state index in [-0.39, 0.29) is 12.5 Å². The van der Waals surface area contributed by atoms with Gasteiger partial charge in [0, 0.05) is 56.6 Å². The summed E-state index contributed by atoms with van der Waals surface area (Å²) in [6.45, 7) is 8.07. The van der Waals surface area contributed by atoms with Gasteiger partial charge in [-0.2, -0.15) is 0 Å². The van der Waals surface area contributed by atoms with Gasteiger partial charge in [-0.3, -0.25) is 19.4 Å². The number of hydrogen-bond acceptors (Lipinski definition) is 9. The van der Waals surface area contributed by atoms with E-state index in [0.717, 1.165) is 61.3 Å². The fourth-order valence-corrected chi connectivity index (χ4v) is 6.96. The Kier molecular flexibility index (Phi) is 8.72. The Morgan fingerprint density at radius 1 is 1.08 bits per heavy atom. The number of piperidine rings is 1. The van der Waals surface area contributed by atoms with E-state index >= 15 is 0 Å². The van der Waals surface area contributed by atoms with E-state index in [2.05, 4.69) is 45.2 Å². The molecule has 3 aromatic rings. The van der Waals surface area contributed by atoms with E-state index in [9.17, 15) is 9.59 Å². The summed E-state index contributed by atoms with van der Waals surface area (Å²) in [5, 5.41) is 17.9. The van der Waals surface area contributed by atoms with Crippen LogP contribution in [0.25, 0.3) is 5.69 Å². The molecule has 0 radical (unpaired) electrons. The maximum Gasteiger partial charge on any atom is 0.317 e. The third-order valence-corrected chi connectivity index (χ3v) is 9.40. The number of carbonyl (C=O) groups is 2. The van der Waals surface area contributed by atoms with Crippen LogP contribution >= 0.6 is 23.1 Å². The van der Waals surface area contributed by atoms with Crippen molar-refractivity contribution in [1.82, 2.24) is 34.4 Å². The van der Waals surface area contributed by atoms with Crippen LogP contribution in [0.5, 0.6) is 0 Å². The molecule has 2 fully saturated rings. The highest BCUT2D eigenvalue weighted by Crippen LogP contribution is 2.29. The number of imidazole rings is 1. The van der Waals surface area contributed by atoms with Crippen molar-refractivity contribution in [3.8, 4) is 5.69 Å². The van der Waals surface area contributed by atoms with Gasteiger partial charge in [0.05, 0.1) is 12.9 Å². The fourth-order valence-electron chi connectivity index (χ4n) is 5.06. The summed E-state index contributed by atoms with van der Waals surface area (Å²) in [4.78, 5) is 34.4. The van der Waals surface area contributed by atoms with Crippen LogP contribution in [0.1, 0.15) is 33.8 Å². The first-order valence-corrected chi connectivity index (χ1v) is 14.7. The number of hydrogen-bond donors (Lipinski definition) is 1. The number of aliphatic carboxylic acids is 1. The molecule has 0 saturated carbocycles. The quantitative estimate of drug-likeness (QED) is 0.399. The average molecular weight is 556 g/mol. The Morgan fingerprint density at radius 2 is 1.87 bits per heavy atom. The predicted octanol–water partition coefficient (Wildman–Crippen LogP) is 2.88. The lowest BCUT2D eigenvalue weighted by Gasteiger charge is -2.38. The second kappa shape index (κ2) is 12.4. The van der Waals surface area contributed by atoms with Crippen molar-refractivity contribution < 1.29 is 14.7 Å². The van der Waals surface area contributed by atoms with Crippen LogP contribution in [0.2, 0.25) is 0 Å². The first-order chi connectivity index (χ1) is 18.4. The number of rotatable bonds is 9. The number of carbonyl (C=O) groups excluding carboxylic acids is 1. The molecule has 0 bridgehead atoms. The number of carboxylic acid groups (broad SMARTS) is 1. The molecule has 2 saturated heterocycles. The molecule has 10 nitrogen and oxygen atoms in total. The fraction of sp³-hybridized carbons (Fsp3) is 0.500. The van der Waals surface area contributed by atoms with Crippen molar-refractivity contribution >= 4 is 35.0 Å². The normalized spacial score (nSPS) is 17.7. The van der Waals surface area contributed by atoms with Crippen LogP contribution in [-0.4, -0.2) is 104 Å². The average Bonchev–Trinajstić information content (AvgIpc) is 3.62. The number of nitrogens with zero attached hydrogens (tertiary/aromatic N) is 7. The van der Waals surface area contributed by atoms with Crippen molar-refractivity contribution in [3.63, 3.8) is 0 Å². The maximum absolute atomic E-state index is 13.1. The van der Waals surface area contributed by atoms with Crippen LogP contribution < -0.4 is 0 Å². The largest absolute Gasteiger partial charge is 0.480 e. The molecule has 5 rings (SSSR count). The molecule has 2 aliphatic rings. The molecule has 2 aliphatic heterocycles. The van der Waals surface area contributed by atoms with Crippen LogP contribution in [-0.2, 0) is 10.5 Å². The molecular formula is C26H33N7O3S2. The molecule has 202 valence electrons. The van der Waals surface area contributed by atoms with Crippen LogP contribution in [0.4, 0.5) is 0 Å². The minimum Gasteiger partial charge on any atom is -0.480 e. The maximum atomic E-state index is 13.1. The Bertz CT molecular complexity index is 1230. The van der Waals surface area contributed by atoms with Crippen molar-refractivity contribution in [2.45, 2.75) is 29.9 Å². The minimum absolute atomic E-state index is 0.0307. The molecule has 1 N–H and O–H groups in total. The smallest absolute Gasteiger partial charge is 0.317 e. The molecule has 0 aliphatic carbocycles. The molecule has 2 aromatic heterocycles. The van der Waals surface area contributed by atoms with Crippen LogP contribution in [0.3, 0.4) is 0 Å². The van der Waals surface area contributed by atoms with Crippen molar-refractivity contribution in [2.24, 2.45) is 5.92 Å². The molecule has 0 atom stereocenters. The first kappa shape index (κ1) is 26.8. The minimum atomic E-state index is -0.753. The Hall–Kier alpha value is -2.80. The summed E-state index contributed by atoms with van der Waals surface area (Å²) in [5.74, 6) is 0.581. The summed E-state index contributed by atoms with van der Waals surface area (Å²) in [6.07, 6.45) is 7.56. The van der Waals surface area contributed by atoms with Crippen molar-refractivity contribution in [1.29, 1.82) is 0 Å². The number of likely N-dealkylation sites (tertiary alicyclic amines) is 1. The van der Waals surface area contributed by atoms with Gasteiger partial charge in [0.2, 0.25) is 5.01 Å². The van der Waals surface area contributed by atoms with Gasteiger partial charge in [0.25, 0.3) is 5.91 Å². The van der Waals surface area contributed by atoms with Gasteiger partial charge in [-0.1, -0.05) is 29.2 Å². The third-order valence-electron chi connectivity index (χ3n) is 7.31. The van der Waals surface area contributed by atoms with E-state index < -0.39 is 5.97 Å². The van der Waals surface area contributed by atoms with Gasteiger partial charge in [0.1, 0.15) is 0 Å². The zero-order valence-electron chi connectivity index (χ0n) is 21.5. The van der Waals surface area contributed by atoms with E-state index in [1.807, 2.05) is 20.6 Å². The number of aromatic nitrogens is 4. The molecule has 1 aromatic carbocycles. The summed E-state index contributed by atoms with van der Waals surface area (Å²) in [5.41, 5.74) is 3.51. The van der Waals surface area contributed by atoms with Gasteiger partial charge in [-0.05, 0) is 62.0 Å². The standard InChI is InChI=1S/C26H33N7O3S2/c1-19-14-22(33-9-6-27-18-33)3-2-21(19)17-37-26-29-28-24(38-26)25(36)32-12-10-31(11-13-32)15-20-4-7-30(8-5-20)16-23(34)35/h2-3,6,9,14,18,20H,4-5,7-8,10-13,15-17H2,1H3,(H,34,35). The molecule has 0 unspecified atom stereocenters. The highest BCUT2D eigenvalue weighted by molar-refractivity contribution is 8.00. The van der Waals surface area contributed by atoms with E-state index in [1.54, 1.807) is 24.3 Å². The summed E-state index contributed by atoms with van der Waals surface area (Å²) >= 11 is 2.98. The molecule has 38 heavy (non-hydrogen) atoms. The highest BCUT2D eigenvalue weighted by atomic mass is 32.2. The molecule has 12 heteroatoms. The predicted molar refractivity (Wildman–Crippen MR) is 147 cm³/mol. The lowest BCUT2D eigenvalue weighted by atomic mass is 9.96. The Morgan fingerprint density at radius 3 is 2.55 bits per heavy atom. The molecule has 4 heterocycles. The molecule has 0 spiro atoms. The number of carboxylic acids is 1. The second-order valence-corrected chi connectivity index (χ2v) is 12.1. The zero-order chi connectivity index (χ0) is 26.5. The Labute approximate surface area is 230 Å². The lowest BCUT2D eigenvalue weighted by Crippen LogP contribution is -2.50. The van der Waals surface area contributed by atoms with Gasteiger partial charge in [-0.15, -0.1) is 10.2 Å². The highest BCUT2D eigenvalue weighted by Gasteiger charge is 2.28. The van der Waals surface area contributed by atoms with E-state index in [0.29, 0.717) is 24.0 Å². The van der Waals surface area contributed by atoms with E-state index in [1.165, 1.54) is 22.5 Å². The Balaban J connectivity index is 1.06. The second-order valence-electron chi connectivity index (χ2n) is 9.95. The van der Waals surface area contributed by atoms with Crippen LogP contribution in [0.15, 0.2) is 41.3 Å². The monoisotopic (exact) mass is 555 g/mol. The summed E-state index contributed by atoms with van der Waals surface area (Å²) < 4.78 is 2.79. The molecule has 1 amide bonds. The number of aryl methyl sites for hydroxylation is 1. The lowest BCUT2D eigenvalue weighted by molar-refractivity contribution is -0.138. The van der Waals surface area contributed by atoms with Gasteiger partial charge >= 0.3 is 5.97 Å². The number of thioether (sulfide) groups is 1. The first-order valence-electron chi connectivity index (χ1n) is 12.9. The number of amides is 1. The summed E-state index contributed by atoms with van der Waals surface area (Å²) in [7, 11) is 0.